The number of nitrogens with two attached hydrogens (primary N) is 1. The molecule has 3 rings (SSSR count). The zero-order valence-electron chi connectivity index (χ0n) is 15.3. The summed E-state index contributed by atoms with van der Waals surface area (Å²) in [4.78, 5) is 30.3. The van der Waals surface area contributed by atoms with Crippen LogP contribution in [-0.4, -0.2) is 29.6 Å². The standard InChI is InChI=1S/C20H18Cl2FN3O2/c1-20(10-18(28)26(2)19(24)25-20)14-7-11(3-6-16(14)23)8-17(27)13-5-4-12(21)9-15(13)22/h3-7,9H,8,10H2,1-2H3,(H2,24,25). The highest BCUT2D eigenvalue weighted by Crippen LogP contribution is 2.35. The molecule has 1 aliphatic heterocycles. The monoisotopic (exact) mass is 421 g/mol. The van der Waals surface area contributed by atoms with E-state index in [2.05, 4.69) is 4.99 Å². The van der Waals surface area contributed by atoms with E-state index in [0.717, 1.165) is 0 Å². The molecule has 1 unspecified atom stereocenters. The summed E-state index contributed by atoms with van der Waals surface area (Å²) in [6, 6.07) is 8.97. The highest BCUT2D eigenvalue weighted by atomic mass is 35.5. The van der Waals surface area contributed by atoms with Crippen molar-refractivity contribution in [3.05, 3.63) is 69.0 Å². The lowest BCUT2D eigenvalue weighted by atomic mass is 9.85. The van der Waals surface area contributed by atoms with E-state index in [1.165, 1.54) is 30.1 Å². The maximum atomic E-state index is 14.6. The summed E-state index contributed by atoms with van der Waals surface area (Å²) < 4.78 is 14.6. The molecule has 2 aromatic carbocycles. The Bertz CT molecular complexity index is 1010. The molecule has 1 aliphatic rings. The lowest BCUT2D eigenvalue weighted by Gasteiger charge is -2.34. The molecule has 1 heterocycles. The van der Waals surface area contributed by atoms with Crippen LogP contribution >= 0.6 is 23.2 Å². The first-order valence-electron chi connectivity index (χ1n) is 8.50. The van der Waals surface area contributed by atoms with Crippen LogP contribution in [0.15, 0.2) is 41.4 Å². The van der Waals surface area contributed by atoms with E-state index in [-0.39, 0.29) is 41.1 Å². The van der Waals surface area contributed by atoms with Crippen LogP contribution in [0.25, 0.3) is 0 Å². The van der Waals surface area contributed by atoms with Crippen molar-refractivity contribution < 1.29 is 14.0 Å². The fraction of sp³-hybridized carbons (Fsp3) is 0.250. The highest BCUT2D eigenvalue weighted by molar-refractivity contribution is 6.36. The fourth-order valence-electron chi connectivity index (χ4n) is 3.15. The van der Waals surface area contributed by atoms with Crippen molar-refractivity contribution in [1.29, 1.82) is 0 Å². The highest BCUT2D eigenvalue weighted by Gasteiger charge is 2.38. The Morgan fingerprint density at radius 3 is 2.64 bits per heavy atom. The van der Waals surface area contributed by atoms with Gasteiger partial charge in [0.1, 0.15) is 5.82 Å². The molecule has 0 fully saturated rings. The Labute approximate surface area is 171 Å². The van der Waals surface area contributed by atoms with Gasteiger partial charge in [-0.05, 0) is 42.8 Å². The van der Waals surface area contributed by atoms with Crippen LogP contribution in [0.1, 0.15) is 34.8 Å². The SMILES string of the molecule is CN1C(=O)CC(C)(c2cc(CC(=O)c3ccc(Cl)cc3Cl)ccc2F)N=C1N. The molecule has 2 aromatic rings. The number of carbonyl (C=O) groups excluding carboxylic acids is 2. The minimum Gasteiger partial charge on any atom is -0.369 e. The number of nitrogens with zero attached hydrogens (tertiary/aromatic N) is 2. The lowest BCUT2D eigenvalue weighted by molar-refractivity contribution is -0.128. The molecule has 28 heavy (non-hydrogen) atoms. The van der Waals surface area contributed by atoms with Crippen LogP contribution in [0.4, 0.5) is 4.39 Å². The molecule has 5 nitrogen and oxygen atoms in total. The van der Waals surface area contributed by atoms with Gasteiger partial charge in [-0.2, -0.15) is 0 Å². The van der Waals surface area contributed by atoms with Gasteiger partial charge in [0.15, 0.2) is 11.7 Å². The molecule has 0 aromatic heterocycles. The molecule has 0 bridgehead atoms. The number of amides is 1. The molecule has 2 N–H and O–H groups in total. The first-order chi connectivity index (χ1) is 13.1. The minimum atomic E-state index is -1.14. The molecule has 146 valence electrons. The number of Topliss-reactive ketones (excluding diaryl/α,β-unsaturated/α-hetero) is 1. The van der Waals surface area contributed by atoms with E-state index < -0.39 is 11.4 Å². The number of hydrogen-bond acceptors (Lipinski definition) is 4. The summed E-state index contributed by atoms with van der Waals surface area (Å²) in [5, 5.41) is 0.686. The molecular weight excluding hydrogens is 404 g/mol. The smallest absolute Gasteiger partial charge is 0.231 e. The molecule has 1 atom stereocenters. The Morgan fingerprint density at radius 2 is 2.00 bits per heavy atom. The van der Waals surface area contributed by atoms with Gasteiger partial charge in [0.05, 0.1) is 17.0 Å². The lowest BCUT2D eigenvalue weighted by Crippen LogP contribution is -2.47. The molecule has 0 spiro atoms. The van der Waals surface area contributed by atoms with Crippen LogP contribution in [0, 0.1) is 5.82 Å². The van der Waals surface area contributed by atoms with E-state index in [4.69, 9.17) is 28.9 Å². The summed E-state index contributed by atoms with van der Waals surface area (Å²) in [7, 11) is 1.52. The van der Waals surface area contributed by atoms with Crippen LogP contribution < -0.4 is 5.73 Å². The second kappa shape index (κ2) is 7.53. The van der Waals surface area contributed by atoms with Crippen molar-refractivity contribution in [2.45, 2.75) is 25.3 Å². The molecule has 8 heteroatoms. The number of hydrogen-bond donors (Lipinski definition) is 1. The number of aliphatic imine (C=N–C) groups is 1. The van der Waals surface area contributed by atoms with Crippen molar-refractivity contribution in [2.75, 3.05) is 7.05 Å². The zero-order chi connectivity index (χ0) is 20.6. The third-order valence-electron chi connectivity index (χ3n) is 4.78. The number of ketones is 1. The summed E-state index contributed by atoms with van der Waals surface area (Å²) >= 11 is 12.0. The van der Waals surface area contributed by atoms with Gasteiger partial charge in [-0.3, -0.25) is 14.5 Å². The van der Waals surface area contributed by atoms with Crippen LogP contribution in [-0.2, 0) is 16.8 Å². The quantitative estimate of drug-likeness (QED) is 0.759. The Kier molecular flexibility index (Phi) is 5.46. The Morgan fingerprint density at radius 1 is 1.29 bits per heavy atom. The van der Waals surface area contributed by atoms with Gasteiger partial charge >= 0.3 is 0 Å². The predicted octanol–water partition coefficient (Wildman–Crippen LogP) is 3.95. The molecule has 1 amide bonds. The number of carbonyl (C=O) groups is 2. The topological polar surface area (TPSA) is 75.8 Å². The van der Waals surface area contributed by atoms with Crippen molar-refractivity contribution in [3.8, 4) is 0 Å². The summed E-state index contributed by atoms with van der Waals surface area (Å²) in [6.45, 7) is 1.64. The van der Waals surface area contributed by atoms with Crippen molar-refractivity contribution >= 4 is 40.9 Å². The maximum Gasteiger partial charge on any atom is 0.231 e. The van der Waals surface area contributed by atoms with E-state index in [1.807, 2.05) is 0 Å². The van der Waals surface area contributed by atoms with Gasteiger partial charge in [0, 0.05) is 29.6 Å². The second-order valence-electron chi connectivity index (χ2n) is 6.91. The molecule has 0 aliphatic carbocycles. The minimum absolute atomic E-state index is 0.0117. The summed E-state index contributed by atoms with van der Waals surface area (Å²) in [6.07, 6.45) is -0.0146. The number of benzene rings is 2. The Balaban J connectivity index is 1.94. The first kappa shape index (κ1) is 20.3. The molecular formula is C20H18Cl2FN3O2. The summed E-state index contributed by atoms with van der Waals surface area (Å²) in [5.74, 6) is -0.986. The van der Waals surface area contributed by atoms with Crippen LogP contribution in [0.5, 0.6) is 0 Å². The van der Waals surface area contributed by atoms with E-state index in [1.54, 1.807) is 25.1 Å². The first-order valence-corrected chi connectivity index (χ1v) is 9.25. The third kappa shape index (κ3) is 3.88. The Hall–Kier alpha value is -2.44. The largest absolute Gasteiger partial charge is 0.369 e. The van der Waals surface area contributed by atoms with Crippen molar-refractivity contribution in [3.63, 3.8) is 0 Å². The van der Waals surface area contributed by atoms with Crippen LogP contribution in [0.2, 0.25) is 10.0 Å². The molecule has 0 saturated carbocycles. The number of rotatable bonds is 4. The van der Waals surface area contributed by atoms with E-state index in [0.29, 0.717) is 16.1 Å². The number of halogens is 3. The maximum absolute atomic E-state index is 14.6. The van der Waals surface area contributed by atoms with Gasteiger partial charge in [-0.1, -0.05) is 29.3 Å². The number of guanidine groups is 1. The second-order valence-corrected chi connectivity index (χ2v) is 7.76. The van der Waals surface area contributed by atoms with Gasteiger partial charge < -0.3 is 5.73 Å². The normalized spacial score (nSPS) is 19.5. The van der Waals surface area contributed by atoms with Crippen LogP contribution in [0.3, 0.4) is 0 Å². The molecule has 0 radical (unpaired) electrons. The predicted molar refractivity (Wildman–Crippen MR) is 107 cm³/mol. The van der Waals surface area contributed by atoms with E-state index in [9.17, 15) is 14.0 Å². The fourth-order valence-corrected chi connectivity index (χ4v) is 3.67. The van der Waals surface area contributed by atoms with Crippen molar-refractivity contribution in [2.24, 2.45) is 10.7 Å². The average molecular weight is 422 g/mol. The van der Waals surface area contributed by atoms with Gasteiger partial charge in [0.2, 0.25) is 5.91 Å². The van der Waals surface area contributed by atoms with Crippen molar-refractivity contribution in [1.82, 2.24) is 4.90 Å². The van der Waals surface area contributed by atoms with E-state index >= 15 is 0 Å². The van der Waals surface area contributed by atoms with Gasteiger partial charge in [0.25, 0.3) is 0 Å². The zero-order valence-corrected chi connectivity index (χ0v) is 16.8. The summed E-state index contributed by atoms with van der Waals surface area (Å²) in [5.41, 5.74) is 5.79. The average Bonchev–Trinajstić information content (AvgIpc) is 2.61. The van der Waals surface area contributed by atoms with Gasteiger partial charge in [-0.15, -0.1) is 0 Å². The third-order valence-corrected chi connectivity index (χ3v) is 5.33. The van der Waals surface area contributed by atoms with Gasteiger partial charge in [-0.25, -0.2) is 9.38 Å². The molecule has 0 saturated heterocycles.